The number of thiophene rings is 1. The van der Waals surface area contributed by atoms with Crippen molar-refractivity contribution in [2.24, 2.45) is 0 Å². The molecule has 0 spiro atoms. The molecule has 0 fully saturated rings. The Balaban J connectivity index is 2.23. The third-order valence-corrected chi connectivity index (χ3v) is 4.07. The van der Waals surface area contributed by atoms with Crippen LogP contribution >= 0.6 is 11.3 Å². The Hall–Kier alpha value is -0.860. The van der Waals surface area contributed by atoms with Crippen LogP contribution in [0.3, 0.4) is 0 Å². The van der Waals surface area contributed by atoms with Crippen LogP contribution in [0.4, 0.5) is 0 Å². The number of ether oxygens (including phenoxy) is 1. The smallest absolute Gasteiger partial charge is 0.0913 e. The molecule has 0 saturated heterocycles. The second-order valence-electron chi connectivity index (χ2n) is 4.05. The van der Waals surface area contributed by atoms with Gasteiger partial charge in [-0.15, -0.1) is 11.3 Å². The van der Waals surface area contributed by atoms with Gasteiger partial charge in [-0.2, -0.15) is 0 Å². The topological polar surface area (TPSA) is 9.23 Å². The largest absolute Gasteiger partial charge is 0.376 e. The second kappa shape index (κ2) is 5.46. The SMILES string of the molecule is CCCCC(OC)c1cc2ccccc2s1. The summed E-state index contributed by atoms with van der Waals surface area (Å²) in [5, 5.41) is 1.33. The van der Waals surface area contributed by atoms with Gasteiger partial charge >= 0.3 is 0 Å². The van der Waals surface area contributed by atoms with Crippen LogP contribution in [-0.2, 0) is 4.74 Å². The highest BCUT2D eigenvalue weighted by atomic mass is 32.1. The van der Waals surface area contributed by atoms with E-state index in [1.807, 2.05) is 18.4 Å². The summed E-state index contributed by atoms with van der Waals surface area (Å²) in [5.41, 5.74) is 0. The van der Waals surface area contributed by atoms with E-state index in [4.69, 9.17) is 4.74 Å². The van der Waals surface area contributed by atoms with Crippen LogP contribution in [0.1, 0.15) is 37.2 Å². The third-order valence-electron chi connectivity index (χ3n) is 2.87. The van der Waals surface area contributed by atoms with Crippen LogP contribution in [0.15, 0.2) is 30.3 Å². The second-order valence-corrected chi connectivity index (χ2v) is 5.17. The van der Waals surface area contributed by atoms with Gasteiger partial charge in [-0.1, -0.05) is 38.0 Å². The zero-order chi connectivity index (χ0) is 11.4. The van der Waals surface area contributed by atoms with Gasteiger partial charge in [0.25, 0.3) is 0 Å². The molecule has 0 bridgehead atoms. The maximum absolute atomic E-state index is 5.58. The molecule has 1 aromatic carbocycles. The summed E-state index contributed by atoms with van der Waals surface area (Å²) in [4.78, 5) is 1.36. The van der Waals surface area contributed by atoms with Crippen molar-refractivity contribution < 1.29 is 4.74 Å². The van der Waals surface area contributed by atoms with Gasteiger partial charge in [-0.25, -0.2) is 0 Å². The summed E-state index contributed by atoms with van der Waals surface area (Å²) >= 11 is 1.86. The molecule has 0 aliphatic rings. The summed E-state index contributed by atoms with van der Waals surface area (Å²) in [5.74, 6) is 0. The summed E-state index contributed by atoms with van der Waals surface area (Å²) in [6.45, 7) is 2.22. The highest BCUT2D eigenvalue weighted by Crippen LogP contribution is 2.33. The van der Waals surface area contributed by atoms with Gasteiger partial charge in [0.05, 0.1) is 6.10 Å². The fourth-order valence-corrected chi connectivity index (χ4v) is 3.10. The molecule has 2 heteroatoms. The standard InChI is InChI=1S/C14H18OS/c1-3-4-8-12(15-2)14-10-11-7-5-6-9-13(11)16-14/h5-7,9-10,12H,3-4,8H2,1-2H3. The molecule has 0 amide bonds. The van der Waals surface area contributed by atoms with Crippen molar-refractivity contribution in [1.29, 1.82) is 0 Å². The molecular formula is C14H18OS. The highest BCUT2D eigenvalue weighted by molar-refractivity contribution is 7.19. The van der Waals surface area contributed by atoms with E-state index in [-0.39, 0.29) is 6.10 Å². The molecule has 86 valence electrons. The van der Waals surface area contributed by atoms with Gasteiger partial charge in [0, 0.05) is 16.7 Å². The first kappa shape index (κ1) is 11.6. The average molecular weight is 234 g/mol. The van der Waals surface area contributed by atoms with Crippen molar-refractivity contribution in [3.63, 3.8) is 0 Å². The molecule has 0 aliphatic heterocycles. The average Bonchev–Trinajstić information content (AvgIpc) is 2.73. The maximum atomic E-state index is 5.58. The first-order chi connectivity index (χ1) is 7.85. The minimum absolute atomic E-state index is 0.275. The van der Waals surface area contributed by atoms with E-state index in [9.17, 15) is 0 Å². The Kier molecular flexibility index (Phi) is 3.97. The van der Waals surface area contributed by atoms with Gasteiger partial charge in [0.15, 0.2) is 0 Å². The number of methoxy groups -OCH3 is 1. The normalized spacial score (nSPS) is 13.1. The lowest BCUT2D eigenvalue weighted by atomic mass is 10.1. The number of hydrogen-bond acceptors (Lipinski definition) is 2. The minimum Gasteiger partial charge on any atom is -0.376 e. The van der Waals surface area contributed by atoms with E-state index < -0.39 is 0 Å². The Morgan fingerprint density at radius 1 is 1.31 bits per heavy atom. The van der Waals surface area contributed by atoms with Crippen LogP contribution in [0.25, 0.3) is 10.1 Å². The van der Waals surface area contributed by atoms with Crippen molar-refractivity contribution in [3.05, 3.63) is 35.2 Å². The molecule has 1 atom stereocenters. The highest BCUT2D eigenvalue weighted by Gasteiger charge is 2.12. The monoisotopic (exact) mass is 234 g/mol. The van der Waals surface area contributed by atoms with Crippen LogP contribution in [0.2, 0.25) is 0 Å². The number of rotatable bonds is 5. The molecular weight excluding hydrogens is 216 g/mol. The van der Waals surface area contributed by atoms with Crippen LogP contribution in [0, 0.1) is 0 Å². The number of fused-ring (bicyclic) bond motifs is 1. The quantitative estimate of drug-likeness (QED) is 0.723. The van der Waals surface area contributed by atoms with Gasteiger partial charge in [-0.05, 0) is 23.9 Å². The van der Waals surface area contributed by atoms with Crippen molar-refractivity contribution >= 4 is 21.4 Å². The predicted octanol–water partition coefficient (Wildman–Crippen LogP) is 4.78. The van der Waals surface area contributed by atoms with Crippen molar-refractivity contribution in [2.75, 3.05) is 7.11 Å². The van der Waals surface area contributed by atoms with E-state index in [1.165, 1.54) is 27.8 Å². The first-order valence-electron chi connectivity index (χ1n) is 5.86. The van der Waals surface area contributed by atoms with Crippen LogP contribution < -0.4 is 0 Å². The fraction of sp³-hybridized carbons (Fsp3) is 0.429. The lowest BCUT2D eigenvalue weighted by molar-refractivity contribution is 0.0966. The van der Waals surface area contributed by atoms with Crippen LogP contribution in [-0.4, -0.2) is 7.11 Å². The first-order valence-corrected chi connectivity index (χ1v) is 6.68. The maximum Gasteiger partial charge on any atom is 0.0913 e. The molecule has 2 aromatic rings. The molecule has 0 aliphatic carbocycles. The van der Waals surface area contributed by atoms with Gasteiger partial charge in [0.2, 0.25) is 0 Å². The predicted molar refractivity (Wildman–Crippen MR) is 71.1 cm³/mol. The minimum atomic E-state index is 0.275. The van der Waals surface area contributed by atoms with Crippen molar-refractivity contribution in [3.8, 4) is 0 Å². The lowest BCUT2D eigenvalue weighted by Gasteiger charge is -2.12. The third kappa shape index (κ3) is 2.45. The Morgan fingerprint density at radius 3 is 2.81 bits per heavy atom. The Labute approximate surface area is 101 Å². The van der Waals surface area contributed by atoms with Crippen molar-refractivity contribution in [1.82, 2.24) is 0 Å². The Bertz CT molecular complexity index is 414. The molecule has 0 saturated carbocycles. The fourth-order valence-electron chi connectivity index (χ4n) is 1.93. The summed E-state index contributed by atoms with van der Waals surface area (Å²) in [7, 11) is 1.81. The number of hydrogen-bond donors (Lipinski definition) is 0. The molecule has 16 heavy (non-hydrogen) atoms. The Morgan fingerprint density at radius 2 is 2.12 bits per heavy atom. The van der Waals surface area contributed by atoms with Gasteiger partial charge in [-0.3, -0.25) is 0 Å². The summed E-state index contributed by atoms with van der Waals surface area (Å²) < 4.78 is 6.94. The van der Waals surface area contributed by atoms with Crippen molar-refractivity contribution in [2.45, 2.75) is 32.3 Å². The molecule has 1 heterocycles. The van der Waals surface area contributed by atoms with E-state index in [0.29, 0.717) is 0 Å². The van der Waals surface area contributed by atoms with E-state index >= 15 is 0 Å². The molecule has 0 N–H and O–H groups in total. The molecule has 2 rings (SSSR count). The summed E-state index contributed by atoms with van der Waals surface area (Å²) in [6, 6.07) is 10.8. The zero-order valence-corrected chi connectivity index (χ0v) is 10.7. The van der Waals surface area contributed by atoms with Crippen LogP contribution in [0.5, 0.6) is 0 Å². The number of unbranched alkanes of at least 4 members (excludes halogenated alkanes) is 1. The van der Waals surface area contributed by atoms with Gasteiger partial charge < -0.3 is 4.74 Å². The van der Waals surface area contributed by atoms with E-state index in [2.05, 4.69) is 37.3 Å². The molecule has 0 radical (unpaired) electrons. The van der Waals surface area contributed by atoms with E-state index in [1.54, 1.807) is 0 Å². The molecule has 1 aromatic heterocycles. The molecule has 1 unspecified atom stereocenters. The summed E-state index contributed by atoms with van der Waals surface area (Å²) in [6.07, 6.45) is 3.86. The molecule has 1 nitrogen and oxygen atoms in total. The number of benzene rings is 1. The van der Waals surface area contributed by atoms with E-state index in [0.717, 1.165) is 6.42 Å². The lowest BCUT2D eigenvalue weighted by Crippen LogP contribution is -1.98. The zero-order valence-electron chi connectivity index (χ0n) is 9.90. The van der Waals surface area contributed by atoms with Gasteiger partial charge in [0.1, 0.15) is 0 Å².